The first-order chi connectivity index (χ1) is 7.52. The molecule has 0 radical (unpaired) electrons. The van der Waals surface area contributed by atoms with Crippen LogP contribution in [0.5, 0.6) is 0 Å². The van der Waals surface area contributed by atoms with Crippen molar-refractivity contribution in [1.82, 2.24) is 0 Å². The molecule has 0 saturated carbocycles. The molecule has 0 aromatic heterocycles. The Kier molecular flexibility index (Phi) is 3.95. The van der Waals surface area contributed by atoms with Crippen LogP contribution in [0.15, 0.2) is 12.1 Å². The SMILES string of the molecule is CCc1ccc(F)c(C(O)C(=O)OC)c1F. The topological polar surface area (TPSA) is 46.5 Å². The van der Waals surface area contributed by atoms with Crippen LogP contribution in [-0.2, 0) is 16.0 Å². The predicted octanol–water partition coefficient (Wildman–Crippen LogP) is 1.73. The summed E-state index contributed by atoms with van der Waals surface area (Å²) in [5.74, 6) is -2.96. The number of hydrogen-bond donors (Lipinski definition) is 1. The zero-order valence-corrected chi connectivity index (χ0v) is 8.96. The normalized spacial score (nSPS) is 12.3. The monoisotopic (exact) mass is 230 g/mol. The molecule has 0 fully saturated rings. The molecule has 0 aliphatic rings. The van der Waals surface area contributed by atoms with Crippen molar-refractivity contribution in [3.8, 4) is 0 Å². The summed E-state index contributed by atoms with van der Waals surface area (Å²) >= 11 is 0. The van der Waals surface area contributed by atoms with Crippen molar-refractivity contribution in [2.45, 2.75) is 19.4 Å². The minimum Gasteiger partial charge on any atom is -0.467 e. The molecule has 1 aromatic carbocycles. The molecule has 0 amide bonds. The Hall–Kier alpha value is -1.49. The summed E-state index contributed by atoms with van der Waals surface area (Å²) < 4.78 is 31.2. The first-order valence-corrected chi connectivity index (χ1v) is 4.75. The number of aliphatic hydroxyl groups excluding tert-OH is 1. The predicted molar refractivity (Wildman–Crippen MR) is 52.7 cm³/mol. The Morgan fingerprint density at radius 3 is 2.62 bits per heavy atom. The van der Waals surface area contributed by atoms with Crippen molar-refractivity contribution in [3.63, 3.8) is 0 Å². The maximum Gasteiger partial charge on any atom is 0.339 e. The summed E-state index contributed by atoms with van der Waals surface area (Å²) in [6, 6.07) is 2.29. The van der Waals surface area contributed by atoms with E-state index in [-0.39, 0.29) is 5.56 Å². The quantitative estimate of drug-likeness (QED) is 0.804. The lowest BCUT2D eigenvalue weighted by atomic mass is 10.0. The molecule has 1 atom stereocenters. The number of aliphatic hydroxyl groups is 1. The smallest absolute Gasteiger partial charge is 0.339 e. The highest BCUT2D eigenvalue weighted by Crippen LogP contribution is 2.24. The van der Waals surface area contributed by atoms with E-state index < -0.39 is 29.3 Å². The second-order valence-corrected chi connectivity index (χ2v) is 3.21. The highest BCUT2D eigenvalue weighted by atomic mass is 19.1. The highest BCUT2D eigenvalue weighted by Gasteiger charge is 2.26. The van der Waals surface area contributed by atoms with Crippen molar-refractivity contribution < 1.29 is 23.4 Å². The molecular formula is C11H12F2O3. The van der Waals surface area contributed by atoms with Crippen LogP contribution in [-0.4, -0.2) is 18.2 Å². The molecule has 1 unspecified atom stereocenters. The Morgan fingerprint density at radius 1 is 1.50 bits per heavy atom. The largest absolute Gasteiger partial charge is 0.467 e. The van der Waals surface area contributed by atoms with Gasteiger partial charge in [-0.05, 0) is 18.1 Å². The van der Waals surface area contributed by atoms with Crippen molar-refractivity contribution in [2.75, 3.05) is 7.11 Å². The third-order valence-corrected chi connectivity index (χ3v) is 2.29. The third-order valence-electron chi connectivity index (χ3n) is 2.29. The van der Waals surface area contributed by atoms with Gasteiger partial charge in [-0.3, -0.25) is 0 Å². The fraction of sp³-hybridized carbons (Fsp3) is 0.364. The molecular weight excluding hydrogens is 218 g/mol. The van der Waals surface area contributed by atoms with Crippen LogP contribution < -0.4 is 0 Å². The summed E-state index contributed by atoms with van der Waals surface area (Å²) in [5.41, 5.74) is -0.425. The molecule has 0 spiro atoms. The van der Waals surface area contributed by atoms with Crippen LogP contribution >= 0.6 is 0 Å². The van der Waals surface area contributed by atoms with Crippen LogP contribution in [0.4, 0.5) is 8.78 Å². The number of halogens is 2. The molecule has 1 rings (SSSR count). The summed E-state index contributed by atoms with van der Waals surface area (Å²) in [5, 5.41) is 9.42. The second-order valence-electron chi connectivity index (χ2n) is 3.21. The Labute approximate surface area is 91.7 Å². The second kappa shape index (κ2) is 5.03. The molecule has 1 aromatic rings. The van der Waals surface area contributed by atoms with Crippen LogP contribution in [0.3, 0.4) is 0 Å². The number of benzene rings is 1. The Morgan fingerprint density at radius 2 is 2.12 bits per heavy atom. The summed E-state index contributed by atoms with van der Waals surface area (Å²) in [6.45, 7) is 1.69. The van der Waals surface area contributed by atoms with Gasteiger partial charge in [0.05, 0.1) is 12.7 Å². The average Bonchev–Trinajstić information content (AvgIpc) is 2.28. The number of ether oxygens (including phenoxy) is 1. The number of aryl methyl sites for hydroxylation is 1. The van der Waals surface area contributed by atoms with Gasteiger partial charge in [-0.25, -0.2) is 13.6 Å². The van der Waals surface area contributed by atoms with Gasteiger partial charge in [0.25, 0.3) is 0 Å². The molecule has 0 bridgehead atoms. The molecule has 0 heterocycles. The van der Waals surface area contributed by atoms with Gasteiger partial charge in [-0.2, -0.15) is 0 Å². The van der Waals surface area contributed by atoms with Gasteiger partial charge < -0.3 is 9.84 Å². The Bertz CT molecular complexity index is 404. The molecule has 5 heteroatoms. The van der Waals surface area contributed by atoms with E-state index in [9.17, 15) is 18.7 Å². The number of methoxy groups -OCH3 is 1. The van der Waals surface area contributed by atoms with Gasteiger partial charge in [-0.15, -0.1) is 0 Å². The van der Waals surface area contributed by atoms with E-state index in [4.69, 9.17) is 0 Å². The fourth-order valence-corrected chi connectivity index (χ4v) is 1.37. The van der Waals surface area contributed by atoms with E-state index in [1.807, 2.05) is 0 Å². The lowest BCUT2D eigenvalue weighted by Crippen LogP contribution is -2.17. The fourth-order valence-electron chi connectivity index (χ4n) is 1.37. The highest BCUT2D eigenvalue weighted by molar-refractivity contribution is 5.76. The van der Waals surface area contributed by atoms with Gasteiger partial charge in [0.2, 0.25) is 0 Å². The molecule has 88 valence electrons. The van der Waals surface area contributed by atoms with E-state index in [0.717, 1.165) is 13.2 Å². The van der Waals surface area contributed by atoms with Gasteiger partial charge in [0.1, 0.15) is 11.6 Å². The van der Waals surface area contributed by atoms with E-state index in [1.165, 1.54) is 6.07 Å². The Balaban J connectivity index is 3.26. The van der Waals surface area contributed by atoms with Crippen molar-refractivity contribution >= 4 is 5.97 Å². The molecule has 0 aliphatic carbocycles. The maximum atomic E-state index is 13.7. The van der Waals surface area contributed by atoms with Gasteiger partial charge in [-0.1, -0.05) is 13.0 Å². The van der Waals surface area contributed by atoms with Crippen molar-refractivity contribution in [3.05, 3.63) is 34.9 Å². The zero-order chi connectivity index (χ0) is 12.3. The molecule has 3 nitrogen and oxygen atoms in total. The maximum absolute atomic E-state index is 13.7. The van der Waals surface area contributed by atoms with Gasteiger partial charge >= 0.3 is 5.97 Å². The van der Waals surface area contributed by atoms with E-state index in [1.54, 1.807) is 6.92 Å². The lowest BCUT2D eigenvalue weighted by Gasteiger charge is -2.12. The van der Waals surface area contributed by atoms with Crippen molar-refractivity contribution in [2.24, 2.45) is 0 Å². The number of carbonyl (C=O) groups excluding carboxylic acids is 1. The number of esters is 1. The average molecular weight is 230 g/mol. The third kappa shape index (κ3) is 2.19. The number of carbonyl (C=O) groups is 1. The van der Waals surface area contributed by atoms with E-state index >= 15 is 0 Å². The number of rotatable bonds is 3. The molecule has 0 aliphatic heterocycles. The molecule has 16 heavy (non-hydrogen) atoms. The van der Waals surface area contributed by atoms with E-state index in [2.05, 4.69) is 4.74 Å². The summed E-state index contributed by atoms with van der Waals surface area (Å²) in [4.78, 5) is 11.0. The van der Waals surface area contributed by atoms with E-state index in [0.29, 0.717) is 6.42 Å². The lowest BCUT2D eigenvalue weighted by molar-refractivity contribution is -0.151. The summed E-state index contributed by atoms with van der Waals surface area (Å²) in [6.07, 6.45) is -1.59. The van der Waals surface area contributed by atoms with Gasteiger partial charge in [0, 0.05) is 0 Å². The first kappa shape index (κ1) is 12.6. The summed E-state index contributed by atoms with van der Waals surface area (Å²) in [7, 11) is 1.03. The van der Waals surface area contributed by atoms with Crippen LogP contribution in [0, 0.1) is 11.6 Å². The number of hydrogen-bond acceptors (Lipinski definition) is 3. The minimum atomic E-state index is -1.93. The first-order valence-electron chi connectivity index (χ1n) is 4.75. The van der Waals surface area contributed by atoms with Gasteiger partial charge in [0.15, 0.2) is 6.10 Å². The van der Waals surface area contributed by atoms with Crippen LogP contribution in [0.2, 0.25) is 0 Å². The standard InChI is InChI=1S/C11H12F2O3/c1-3-6-4-5-7(12)8(9(6)13)10(14)11(15)16-2/h4-5,10,14H,3H2,1-2H3. The molecule has 1 N–H and O–H groups in total. The molecule has 0 saturated heterocycles. The minimum absolute atomic E-state index is 0.236. The zero-order valence-electron chi connectivity index (χ0n) is 8.96. The van der Waals surface area contributed by atoms with Crippen LogP contribution in [0.25, 0.3) is 0 Å². The van der Waals surface area contributed by atoms with Crippen LogP contribution in [0.1, 0.15) is 24.2 Å². The van der Waals surface area contributed by atoms with Crippen molar-refractivity contribution in [1.29, 1.82) is 0 Å².